The van der Waals surface area contributed by atoms with Gasteiger partial charge in [0.25, 0.3) is 0 Å². The van der Waals surface area contributed by atoms with E-state index in [0.717, 1.165) is 5.56 Å². The van der Waals surface area contributed by atoms with Crippen LogP contribution in [0.5, 0.6) is 0 Å². The first kappa shape index (κ1) is 16.6. The first-order chi connectivity index (χ1) is 11.2. The summed E-state index contributed by atoms with van der Waals surface area (Å²) in [5, 5.41) is 10.6. The quantitative estimate of drug-likeness (QED) is 0.827. The molecule has 126 valence electrons. The van der Waals surface area contributed by atoms with Gasteiger partial charge in [-0.25, -0.2) is 0 Å². The summed E-state index contributed by atoms with van der Waals surface area (Å²) in [6, 6.07) is 9.60. The SMILES string of the molecule is C=CCOC1OC2COC(c3ccccc3)OC2C(O)C1OC. The molecular weight excluding hydrogens is 300 g/mol. The molecular formula is C17H22O6. The van der Waals surface area contributed by atoms with Gasteiger partial charge in [0.1, 0.15) is 24.4 Å². The molecule has 23 heavy (non-hydrogen) atoms. The van der Waals surface area contributed by atoms with E-state index in [-0.39, 0.29) is 0 Å². The maximum atomic E-state index is 10.6. The summed E-state index contributed by atoms with van der Waals surface area (Å²) in [5.74, 6) is 0. The fraction of sp³-hybridized carbons (Fsp3) is 0.529. The number of hydrogen-bond acceptors (Lipinski definition) is 6. The number of rotatable bonds is 5. The van der Waals surface area contributed by atoms with Crippen LogP contribution in [0.15, 0.2) is 43.0 Å². The zero-order valence-corrected chi connectivity index (χ0v) is 13.0. The van der Waals surface area contributed by atoms with Crippen molar-refractivity contribution in [2.45, 2.75) is 37.0 Å². The molecule has 2 fully saturated rings. The van der Waals surface area contributed by atoms with Crippen molar-refractivity contribution < 1.29 is 28.8 Å². The molecule has 2 aliphatic rings. The number of ether oxygens (including phenoxy) is 5. The van der Waals surface area contributed by atoms with Crippen LogP contribution in [-0.2, 0) is 23.7 Å². The number of hydrogen-bond donors (Lipinski definition) is 1. The van der Waals surface area contributed by atoms with E-state index in [1.54, 1.807) is 6.08 Å². The molecule has 0 saturated carbocycles. The third-order valence-electron chi connectivity index (χ3n) is 4.03. The predicted octanol–water partition coefficient (Wildman–Crippen LogP) is 1.40. The summed E-state index contributed by atoms with van der Waals surface area (Å²) in [6.07, 6.45) is -2.05. The molecule has 6 heteroatoms. The van der Waals surface area contributed by atoms with E-state index in [1.807, 2.05) is 30.3 Å². The Morgan fingerprint density at radius 3 is 2.78 bits per heavy atom. The van der Waals surface area contributed by atoms with Crippen LogP contribution >= 0.6 is 0 Å². The molecule has 0 aliphatic carbocycles. The zero-order chi connectivity index (χ0) is 16.2. The molecule has 6 nitrogen and oxygen atoms in total. The average Bonchev–Trinajstić information content (AvgIpc) is 2.60. The van der Waals surface area contributed by atoms with Gasteiger partial charge in [-0.1, -0.05) is 36.4 Å². The summed E-state index contributed by atoms with van der Waals surface area (Å²) in [5.41, 5.74) is 0.900. The zero-order valence-electron chi connectivity index (χ0n) is 13.0. The van der Waals surface area contributed by atoms with E-state index >= 15 is 0 Å². The highest BCUT2D eigenvalue weighted by atomic mass is 16.8. The molecule has 6 unspecified atom stereocenters. The number of aliphatic hydroxyl groups is 1. The van der Waals surface area contributed by atoms with E-state index in [4.69, 9.17) is 23.7 Å². The van der Waals surface area contributed by atoms with Crippen molar-refractivity contribution >= 4 is 0 Å². The fourth-order valence-electron chi connectivity index (χ4n) is 2.89. The molecule has 0 spiro atoms. The lowest BCUT2D eigenvalue weighted by molar-refractivity contribution is -0.362. The van der Waals surface area contributed by atoms with Crippen molar-refractivity contribution in [3.63, 3.8) is 0 Å². The van der Waals surface area contributed by atoms with Gasteiger partial charge in [0.15, 0.2) is 12.6 Å². The number of benzene rings is 1. The van der Waals surface area contributed by atoms with Gasteiger partial charge in [0, 0.05) is 12.7 Å². The van der Waals surface area contributed by atoms with E-state index in [2.05, 4.69) is 6.58 Å². The van der Waals surface area contributed by atoms with Crippen molar-refractivity contribution in [1.82, 2.24) is 0 Å². The molecule has 2 heterocycles. The van der Waals surface area contributed by atoms with E-state index < -0.39 is 37.0 Å². The Kier molecular flexibility index (Phi) is 5.42. The van der Waals surface area contributed by atoms with Crippen LogP contribution in [0, 0.1) is 0 Å². The standard InChI is InChI=1S/C17H22O6/c1-3-9-20-17-15(19-2)13(18)14-12(22-17)10-21-16(23-14)11-7-5-4-6-8-11/h3-8,12-18H,1,9-10H2,2H3. The fourth-order valence-corrected chi connectivity index (χ4v) is 2.89. The Hall–Kier alpha value is -1.28. The third kappa shape index (κ3) is 3.47. The molecule has 2 aliphatic heterocycles. The van der Waals surface area contributed by atoms with Crippen molar-refractivity contribution in [3.8, 4) is 0 Å². The Balaban J connectivity index is 1.71. The monoisotopic (exact) mass is 322 g/mol. The van der Waals surface area contributed by atoms with Gasteiger partial charge in [-0.05, 0) is 0 Å². The van der Waals surface area contributed by atoms with Gasteiger partial charge in [0.2, 0.25) is 0 Å². The molecule has 0 bridgehead atoms. The van der Waals surface area contributed by atoms with Crippen molar-refractivity contribution in [1.29, 1.82) is 0 Å². The topological polar surface area (TPSA) is 66.4 Å². The lowest BCUT2D eigenvalue weighted by Crippen LogP contribution is -2.62. The van der Waals surface area contributed by atoms with Crippen LogP contribution in [-0.4, -0.2) is 56.1 Å². The predicted molar refractivity (Wildman–Crippen MR) is 81.6 cm³/mol. The summed E-state index contributed by atoms with van der Waals surface area (Å²) in [4.78, 5) is 0. The highest BCUT2D eigenvalue weighted by Crippen LogP contribution is 2.35. The van der Waals surface area contributed by atoms with Crippen LogP contribution in [0.2, 0.25) is 0 Å². The van der Waals surface area contributed by atoms with Crippen LogP contribution in [0.3, 0.4) is 0 Å². The molecule has 0 aromatic heterocycles. The molecule has 2 saturated heterocycles. The molecule has 3 rings (SSSR count). The van der Waals surface area contributed by atoms with Gasteiger partial charge in [-0.15, -0.1) is 6.58 Å². The van der Waals surface area contributed by atoms with Gasteiger partial charge >= 0.3 is 0 Å². The second kappa shape index (κ2) is 7.53. The van der Waals surface area contributed by atoms with Crippen LogP contribution in [0.1, 0.15) is 11.9 Å². The summed E-state index contributed by atoms with van der Waals surface area (Å²) >= 11 is 0. The van der Waals surface area contributed by atoms with Crippen LogP contribution in [0.25, 0.3) is 0 Å². The number of fused-ring (bicyclic) bond motifs is 1. The van der Waals surface area contributed by atoms with Crippen LogP contribution in [0.4, 0.5) is 0 Å². The van der Waals surface area contributed by atoms with Crippen molar-refractivity contribution in [2.24, 2.45) is 0 Å². The Labute approximate surface area is 135 Å². The van der Waals surface area contributed by atoms with Gasteiger partial charge in [-0.2, -0.15) is 0 Å². The number of aliphatic hydroxyl groups excluding tert-OH is 1. The maximum Gasteiger partial charge on any atom is 0.187 e. The first-order valence-corrected chi connectivity index (χ1v) is 7.65. The van der Waals surface area contributed by atoms with Gasteiger partial charge in [0.05, 0.1) is 13.2 Å². The molecule has 0 amide bonds. The molecule has 1 aromatic carbocycles. The minimum Gasteiger partial charge on any atom is -0.387 e. The molecule has 1 N–H and O–H groups in total. The first-order valence-electron chi connectivity index (χ1n) is 7.65. The Bertz CT molecular complexity index is 507. The smallest absolute Gasteiger partial charge is 0.187 e. The largest absolute Gasteiger partial charge is 0.387 e. The van der Waals surface area contributed by atoms with Gasteiger partial charge in [-0.3, -0.25) is 0 Å². The molecule has 1 aromatic rings. The van der Waals surface area contributed by atoms with Gasteiger partial charge < -0.3 is 28.8 Å². The van der Waals surface area contributed by atoms with E-state index in [1.165, 1.54) is 7.11 Å². The second-order valence-corrected chi connectivity index (χ2v) is 5.53. The molecule has 0 radical (unpaired) electrons. The number of methoxy groups -OCH3 is 1. The summed E-state index contributed by atoms with van der Waals surface area (Å²) < 4.78 is 28.4. The minimum absolute atomic E-state index is 0.309. The lowest BCUT2D eigenvalue weighted by Gasteiger charge is -2.47. The second-order valence-electron chi connectivity index (χ2n) is 5.53. The maximum absolute atomic E-state index is 10.6. The summed E-state index contributed by atoms with van der Waals surface area (Å²) in [7, 11) is 1.51. The average molecular weight is 322 g/mol. The third-order valence-corrected chi connectivity index (χ3v) is 4.03. The van der Waals surface area contributed by atoms with E-state index in [9.17, 15) is 5.11 Å². The van der Waals surface area contributed by atoms with Crippen LogP contribution < -0.4 is 0 Å². The van der Waals surface area contributed by atoms with Crippen molar-refractivity contribution in [2.75, 3.05) is 20.3 Å². The Morgan fingerprint density at radius 1 is 1.30 bits per heavy atom. The Morgan fingerprint density at radius 2 is 2.09 bits per heavy atom. The summed E-state index contributed by atoms with van der Waals surface area (Å²) in [6.45, 7) is 4.23. The highest BCUT2D eigenvalue weighted by molar-refractivity contribution is 5.16. The van der Waals surface area contributed by atoms with E-state index in [0.29, 0.717) is 13.2 Å². The van der Waals surface area contributed by atoms with Crippen molar-refractivity contribution in [3.05, 3.63) is 48.6 Å². The molecule has 6 atom stereocenters. The highest BCUT2D eigenvalue weighted by Gasteiger charge is 2.50. The normalized spacial score (nSPS) is 37.1. The lowest BCUT2D eigenvalue weighted by atomic mass is 9.97. The minimum atomic E-state index is -0.872.